The third-order valence-corrected chi connectivity index (χ3v) is 4.93. The largest absolute Gasteiger partial charge is 0.481 e. The lowest BCUT2D eigenvalue weighted by molar-refractivity contribution is -0.143. The lowest BCUT2D eigenvalue weighted by Gasteiger charge is -2.23. The van der Waals surface area contributed by atoms with Crippen molar-refractivity contribution < 1.29 is 44.1 Å². The van der Waals surface area contributed by atoms with E-state index in [1.807, 2.05) is 0 Å². The average molecular weight is 495 g/mol. The molecule has 0 saturated heterocycles. The minimum Gasteiger partial charge on any atom is -0.481 e. The van der Waals surface area contributed by atoms with E-state index in [9.17, 15) is 28.8 Å². The molecule has 13 nitrogen and oxygen atoms in total. The fourth-order valence-corrected chi connectivity index (χ4v) is 2.98. The highest BCUT2D eigenvalue weighted by Crippen LogP contribution is 2.05. The van der Waals surface area contributed by atoms with Gasteiger partial charge in [0.05, 0.1) is 6.04 Å². The van der Waals surface area contributed by atoms with Gasteiger partial charge in [-0.05, 0) is 31.7 Å². The standard InChI is InChI=1S/C22H30N4O9/c1-12(19(31)26-16(22(34)35)8-10-18(29)30)24-21(33)15(7-9-17(27)28)25-20(32)14(23)11-13-5-3-2-4-6-13/h2-6,12,14-16H,7-11,23H2,1H3,(H,24,33)(H,25,32)(H,26,31)(H,27,28)(H,29,30)(H,34,35). The van der Waals surface area contributed by atoms with Crippen LogP contribution in [-0.2, 0) is 35.2 Å². The minimum atomic E-state index is -1.49. The summed E-state index contributed by atoms with van der Waals surface area (Å²) in [5, 5.41) is 33.7. The Kier molecular flexibility index (Phi) is 11.9. The molecule has 0 aliphatic rings. The van der Waals surface area contributed by atoms with Crippen molar-refractivity contribution in [3.8, 4) is 0 Å². The van der Waals surface area contributed by atoms with Crippen LogP contribution in [0.15, 0.2) is 30.3 Å². The Morgan fingerprint density at radius 1 is 0.771 bits per heavy atom. The number of amides is 3. The first-order valence-corrected chi connectivity index (χ1v) is 10.8. The van der Waals surface area contributed by atoms with Gasteiger partial charge in [0.25, 0.3) is 0 Å². The van der Waals surface area contributed by atoms with Crippen LogP contribution in [0.3, 0.4) is 0 Å². The van der Waals surface area contributed by atoms with Crippen molar-refractivity contribution in [1.82, 2.24) is 16.0 Å². The summed E-state index contributed by atoms with van der Waals surface area (Å²) in [5.41, 5.74) is 6.69. The van der Waals surface area contributed by atoms with E-state index in [1.165, 1.54) is 6.92 Å². The Morgan fingerprint density at radius 2 is 1.29 bits per heavy atom. The second-order valence-corrected chi connectivity index (χ2v) is 7.85. The molecule has 0 fully saturated rings. The summed E-state index contributed by atoms with van der Waals surface area (Å²) in [6.45, 7) is 1.25. The summed E-state index contributed by atoms with van der Waals surface area (Å²) in [6.07, 6.45) is -1.43. The van der Waals surface area contributed by atoms with E-state index in [1.54, 1.807) is 30.3 Å². The van der Waals surface area contributed by atoms with Crippen LogP contribution in [0.4, 0.5) is 0 Å². The van der Waals surface area contributed by atoms with Crippen LogP contribution in [0.5, 0.6) is 0 Å². The first-order chi connectivity index (χ1) is 16.4. The Morgan fingerprint density at radius 3 is 1.80 bits per heavy atom. The van der Waals surface area contributed by atoms with E-state index in [0.29, 0.717) is 0 Å². The average Bonchev–Trinajstić information content (AvgIpc) is 2.78. The molecule has 0 radical (unpaired) electrons. The second-order valence-electron chi connectivity index (χ2n) is 7.85. The zero-order valence-electron chi connectivity index (χ0n) is 19.1. The number of nitrogens with one attached hydrogen (secondary N) is 3. The third-order valence-electron chi connectivity index (χ3n) is 4.93. The number of nitrogens with two attached hydrogens (primary N) is 1. The maximum absolute atomic E-state index is 12.7. The molecular formula is C22H30N4O9. The fraction of sp³-hybridized carbons (Fsp3) is 0.455. The quantitative estimate of drug-likeness (QED) is 0.155. The van der Waals surface area contributed by atoms with Crippen LogP contribution in [0.1, 0.15) is 38.2 Å². The van der Waals surface area contributed by atoms with Crippen LogP contribution in [0.25, 0.3) is 0 Å². The van der Waals surface area contributed by atoms with Gasteiger partial charge in [-0.1, -0.05) is 30.3 Å². The van der Waals surface area contributed by atoms with Crippen LogP contribution in [-0.4, -0.2) is 75.1 Å². The van der Waals surface area contributed by atoms with Crippen molar-refractivity contribution in [3.05, 3.63) is 35.9 Å². The molecule has 0 saturated carbocycles. The van der Waals surface area contributed by atoms with Crippen LogP contribution >= 0.6 is 0 Å². The van der Waals surface area contributed by atoms with Gasteiger partial charge in [-0.25, -0.2) is 4.79 Å². The van der Waals surface area contributed by atoms with Crippen molar-refractivity contribution in [2.45, 2.75) is 63.2 Å². The van der Waals surface area contributed by atoms with E-state index in [0.717, 1.165) is 5.56 Å². The number of aliphatic carboxylic acids is 3. The van der Waals surface area contributed by atoms with Crippen LogP contribution < -0.4 is 21.7 Å². The molecule has 4 unspecified atom stereocenters. The molecule has 192 valence electrons. The number of carbonyl (C=O) groups is 6. The Labute approximate surface area is 201 Å². The van der Waals surface area contributed by atoms with Gasteiger partial charge in [0.15, 0.2) is 0 Å². The molecule has 1 aromatic rings. The van der Waals surface area contributed by atoms with Crippen LogP contribution in [0.2, 0.25) is 0 Å². The number of benzene rings is 1. The summed E-state index contributed by atoms with van der Waals surface area (Å²) >= 11 is 0. The van der Waals surface area contributed by atoms with Gasteiger partial charge in [-0.15, -0.1) is 0 Å². The monoisotopic (exact) mass is 494 g/mol. The van der Waals surface area contributed by atoms with Gasteiger partial charge >= 0.3 is 17.9 Å². The fourth-order valence-electron chi connectivity index (χ4n) is 2.98. The Hall–Kier alpha value is -4.00. The Balaban J connectivity index is 2.79. The molecule has 8 N–H and O–H groups in total. The number of carbonyl (C=O) groups excluding carboxylic acids is 3. The molecule has 0 aromatic heterocycles. The van der Waals surface area contributed by atoms with Gasteiger partial charge in [0.2, 0.25) is 17.7 Å². The van der Waals surface area contributed by atoms with E-state index in [2.05, 4.69) is 16.0 Å². The van der Waals surface area contributed by atoms with Crippen molar-refractivity contribution in [2.24, 2.45) is 5.73 Å². The molecule has 4 atom stereocenters. The molecule has 0 bridgehead atoms. The molecule has 1 aromatic carbocycles. The van der Waals surface area contributed by atoms with Gasteiger partial charge in [-0.3, -0.25) is 24.0 Å². The van der Waals surface area contributed by atoms with E-state index < -0.39 is 72.6 Å². The number of hydrogen-bond donors (Lipinski definition) is 7. The molecule has 1 rings (SSSR count). The molecular weight excluding hydrogens is 464 g/mol. The van der Waals surface area contributed by atoms with Gasteiger partial charge in [-0.2, -0.15) is 0 Å². The van der Waals surface area contributed by atoms with Crippen LogP contribution in [0, 0.1) is 0 Å². The number of carboxylic acid groups (broad SMARTS) is 3. The third kappa shape index (κ3) is 11.1. The predicted molar refractivity (Wildman–Crippen MR) is 121 cm³/mol. The van der Waals surface area contributed by atoms with E-state index in [4.69, 9.17) is 21.1 Å². The summed E-state index contributed by atoms with van der Waals surface area (Å²) in [4.78, 5) is 70.4. The van der Waals surface area contributed by atoms with Gasteiger partial charge in [0.1, 0.15) is 18.1 Å². The lowest BCUT2D eigenvalue weighted by atomic mass is 10.0. The summed E-state index contributed by atoms with van der Waals surface area (Å²) in [6, 6.07) is 3.77. The SMILES string of the molecule is CC(NC(=O)C(CCC(=O)O)NC(=O)C(N)Cc1ccccc1)C(=O)NC(CCC(=O)O)C(=O)O. The topological polar surface area (TPSA) is 225 Å². The second kappa shape index (κ2) is 14.3. The Bertz CT molecular complexity index is 923. The smallest absolute Gasteiger partial charge is 0.326 e. The van der Waals surface area contributed by atoms with E-state index in [-0.39, 0.29) is 19.3 Å². The van der Waals surface area contributed by atoms with E-state index >= 15 is 0 Å². The van der Waals surface area contributed by atoms with Gasteiger partial charge < -0.3 is 37.0 Å². The molecule has 0 heterocycles. The van der Waals surface area contributed by atoms with Crippen molar-refractivity contribution in [3.63, 3.8) is 0 Å². The molecule has 35 heavy (non-hydrogen) atoms. The zero-order chi connectivity index (χ0) is 26.5. The van der Waals surface area contributed by atoms with Crippen molar-refractivity contribution in [2.75, 3.05) is 0 Å². The highest BCUT2D eigenvalue weighted by atomic mass is 16.4. The number of carboxylic acids is 3. The molecule has 13 heteroatoms. The minimum absolute atomic E-state index is 0.172. The lowest BCUT2D eigenvalue weighted by Crippen LogP contribution is -2.56. The highest BCUT2D eigenvalue weighted by molar-refractivity contribution is 5.94. The molecule has 0 aliphatic carbocycles. The number of hydrogen-bond acceptors (Lipinski definition) is 7. The summed E-state index contributed by atoms with van der Waals surface area (Å²) in [5.74, 6) is -6.37. The summed E-state index contributed by atoms with van der Waals surface area (Å²) < 4.78 is 0. The maximum Gasteiger partial charge on any atom is 0.326 e. The van der Waals surface area contributed by atoms with Gasteiger partial charge in [0, 0.05) is 12.8 Å². The first kappa shape index (κ1) is 29.0. The molecule has 3 amide bonds. The van der Waals surface area contributed by atoms with Crippen molar-refractivity contribution in [1.29, 1.82) is 0 Å². The number of rotatable bonds is 15. The normalized spacial score (nSPS) is 14.0. The first-order valence-electron chi connectivity index (χ1n) is 10.8. The maximum atomic E-state index is 12.7. The van der Waals surface area contributed by atoms with Crippen molar-refractivity contribution >= 4 is 35.6 Å². The summed E-state index contributed by atoms with van der Waals surface area (Å²) in [7, 11) is 0. The molecule has 0 aliphatic heterocycles. The molecule has 0 spiro atoms. The predicted octanol–water partition coefficient (Wildman–Crippen LogP) is -1.16. The zero-order valence-corrected chi connectivity index (χ0v) is 19.1. The highest BCUT2D eigenvalue weighted by Gasteiger charge is 2.29.